The van der Waals surface area contributed by atoms with Gasteiger partial charge in [-0.25, -0.2) is 9.97 Å². The summed E-state index contributed by atoms with van der Waals surface area (Å²) >= 11 is 1.70. The van der Waals surface area contributed by atoms with Gasteiger partial charge in [0, 0.05) is 37.8 Å². The highest BCUT2D eigenvalue weighted by atomic mass is 32.1. The summed E-state index contributed by atoms with van der Waals surface area (Å²) in [5, 5.41) is 11.0. The van der Waals surface area contributed by atoms with E-state index < -0.39 is 11.9 Å². The van der Waals surface area contributed by atoms with Crippen molar-refractivity contribution in [2.45, 2.75) is 12.6 Å². The molecule has 2 aromatic rings. The minimum absolute atomic E-state index is 0.0581. The van der Waals surface area contributed by atoms with Crippen LogP contribution in [-0.4, -0.2) is 42.6 Å². The summed E-state index contributed by atoms with van der Waals surface area (Å²) in [7, 11) is 1.66. The van der Waals surface area contributed by atoms with Crippen LogP contribution < -0.4 is 16.0 Å². The van der Waals surface area contributed by atoms with E-state index in [9.17, 15) is 13.2 Å². The van der Waals surface area contributed by atoms with Gasteiger partial charge in [0.2, 0.25) is 5.95 Å². The molecule has 0 amide bonds. The number of anilines is 1. The van der Waals surface area contributed by atoms with Gasteiger partial charge in [0.05, 0.1) is 0 Å². The van der Waals surface area contributed by atoms with E-state index in [0.29, 0.717) is 19.0 Å². The average molecular weight is 372 g/mol. The van der Waals surface area contributed by atoms with E-state index in [-0.39, 0.29) is 5.95 Å². The number of nitrogens with one attached hydrogen (secondary N) is 3. The smallest absolute Gasteiger partial charge is 0.356 e. The maximum Gasteiger partial charge on any atom is 0.433 e. The summed E-state index contributed by atoms with van der Waals surface area (Å²) < 4.78 is 37.7. The molecule has 0 saturated heterocycles. The number of aliphatic imine (C=N–C) groups is 1. The van der Waals surface area contributed by atoms with Crippen LogP contribution in [0.2, 0.25) is 0 Å². The number of thiophene rings is 1. The van der Waals surface area contributed by atoms with Crippen LogP contribution in [0.4, 0.5) is 19.1 Å². The maximum atomic E-state index is 12.6. The zero-order valence-electron chi connectivity index (χ0n) is 13.6. The summed E-state index contributed by atoms with van der Waals surface area (Å²) in [6.07, 6.45) is -2.50. The number of halogens is 3. The summed E-state index contributed by atoms with van der Waals surface area (Å²) in [4.78, 5) is 12.6. The number of guanidine groups is 1. The predicted octanol–water partition coefficient (Wildman–Crippen LogP) is 2.38. The summed E-state index contributed by atoms with van der Waals surface area (Å²) in [5.74, 6) is 0.570. The lowest BCUT2D eigenvalue weighted by Crippen LogP contribution is -2.40. The number of aromatic nitrogens is 2. The van der Waals surface area contributed by atoms with Gasteiger partial charge in [0.1, 0.15) is 5.69 Å². The predicted molar refractivity (Wildman–Crippen MR) is 92.9 cm³/mol. The first-order chi connectivity index (χ1) is 12.0. The van der Waals surface area contributed by atoms with Gasteiger partial charge < -0.3 is 16.0 Å². The molecular weight excluding hydrogens is 353 g/mol. The van der Waals surface area contributed by atoms with E-state index >= 15 is 0 Å². The molecule has 0 spiro atoms. The molecule has 0 aliphatic heterocycles. The molecule has 25 heavy (non-hydrogen) atoms. The molecule has 0 bridgehead atoms. The second-order valence-electron chi connectivity index (χ2n) is 4.95. The highest BCUT2D eigenvalue weighted by Gasteiger charge is 2.32. The van der Waals surface area contributed by atoms with Crippen molar-refractivity contribution < 1.29 is 13.2 Å². The molecule has 0 aliphatic carbocycles. The minimum atomic E-state index is -4.48. The quantitative estimate of drug-likeness (QED) is 0.395. The molecule has 2 rings (SSSR count). The van der Waals surface area contributed by atoms with Crippen molar-refractivity contribution in [1.82, 2.24) is 20.6 Å². The lowest BCUT2D eigenvalue weighted by atomic mass is 10.3. The standard InChI is InChI=1S/C15H19F3N6S/c1-19-13(20-6-4-11-3-2-10-25-11)22-8-9-23-14-21-7-5-12(24-14)15(16,17)18/h2-3,5,7,10H,4,6,8-9H2,1H3,(H2,19,20,22)(H,21,23,24). The van der Waals surface area contributed by atoms with Crippen molar-refractivity contribution in [2.24, 2.45) is 4.99 Å². The Bertz CT molecular complexity index is 672. The van der Waals surface area contributed by atoms with Crippen molar-refractivity contribution in [2.75, 3.05) is 32.0 Å². The second-order valence-corrected chi connectivity index (χ2v) is 5.98. The number of nitrogens with zero attached hydrogens (tertiary/aromatic N) is 3. The first kappa shape index (κ1) is 19.0. The Morgan fingerprint density at radius 2 is 2.00 bits per heavy atom. The molecule has 0 fully saturated rings. The zero-order chi connectivity index (χ0) is 18.1. The fourth-order valence-corrected chi connectivity index (χ4v) is 2.65. The Kier molecular flexibility index (Phi) is 6.99. The zero-order valence-corrected chi connectivity index (χ0v) is 14.4. The Balaban J connectivity index is 1.69. The lowest BCUT2D eigenvalue weighted by Gasteiger charge is -2.12. The van der Waals surface area contributed by atoms with Gasteiger partial charge in [-0.15, -0.1) is 11.3 Å². The topological polar surface area (TPSA) is 74.2 Å². The minimum Gasteiger partial charge on any atom is -0.356 e. The SMILES string of the molecule is CN=C(NCCNc1nccc(C(F)(F)F)n1)NCCc1cccs1. The van der Waals surface area contributed by atoms with Crippen molar-refractivity contribution in [3.05, 3.63) is 40.3 Å². The monoisotopic (exact) mass is 372 g/mol. The van der Waals surface area contributed by atoms with Gasteiger partial charge in [-0.05, 0) is 23.9 Å². The van der Waals surface area contributed by atoms with Crippen LogP contribution in [0.3, 0.4) is 0 Å². The van der Waals surface area contributed by atoms with Crippen LogP contribution >= 0.6 is 11.3 Å². The molecule has 3 N–H and O–H groups in total. The maximum absolute atomic E-state index is 12.6. The number of hydrogen-bond donors (Lipinski definition) is 3. The highest BCUT2D eigenvalue weighted by Crippen LogP contribution is 2.27. The molecule has 2 heterocycles. The lowest BCUT2D eigenvalue weighted by molar-refractivity contribution is -0.141. The third-order valence-electron chi connectivity index (χ3n) is 3.11. The summed E-state index contributed by atoms with van der Waals surface area (Å²) in [6, 6.07) is 4.92. The summed E-state index contributed by atoms with van der Waals surface area (Å²) in [6.45, 7) is 1.55. The van der Waals surface area contributed by atoms with Crippen molar-refractivity contribution in [1.29, 1.82) is 0 Å². The molecule has 10 heteroatoms. The first-order valence-electron chi connectivity index (χ1n) is 7.60. The third-order valence-corrected chi connectivity index (χ3v) is 4.05. The number of hydrogen-bond acceptors (Lipinski definition) is 5. The van der Waals surface area contributed by atoms with E-state index in [2.05, 4.69) is 37.0 Å². The number of alkyl halides is 3. The molecule has 2 aromatic heterocycles. The van der Waals surface area contributed by atoms with E-state index in [1.807, 2.05) is 11.4 Å². The normalized spacial score (nSPS) is 12.1. The third kappa shape index (κ3) is 6.57. The van der Waals surface area contributed by atoms with Crippen molar-refractivity contribution in [3.63, 3.8) is 0 Å². The van der Waals surface area contributed by atoms with Crippen LogP contribution in [0.25, 0.3) is 0 Å². The van der Waals surface area contributed by atoms with Crippen molar-refractivity contribution >= 4 is 23.2 Å². The van der Waals surface area contributed by atoms with Crippen molar-refractivity contribution in [3.8, 4) is 0 Å². The highest BCUT2D eigenvalue weighted by molar-refractivity contribution is 7.09. The molecule has 0 atom stereocenters. The molecule has 0 aromatic carbocycles. The molecule has 0 radical (unpaired) electrons. The molecule has 6 nitrogen and oxygen atoms in total. The van der Waals surface area contributed by atoms with Gasteiger partial charge in [-0.2, -0.15) is 13.2 Å². The van der Waals surface area contributed by atoms with Gasteiger partial charge >= 0.3 is 6.18 Å². The summed E-state index contributed by atoms with van der Waals surface area (Å²) in [5.41, 5.74) is -0.969. The molecule has 0 saturated carbocycles. The molecule has 136 valence electrons. The largest absolute Gasteiger partial charge is 0.433 e. The van der Waals surface area contributed by atoms with Crippen LogP contribution in [0.1, 0.15) is 10.6 Å². The van der Waals surface area contributed by atoms with Gasteiger partial charge in [-0.1, -0.05) is 6.07 Å². The Labute approximate surface area is 147 Å². The van der Waals surface area contributed by atoms with Crippen LogP contribution in [0.15, 0.2) is 34.8 Å². The fourth-order valence-electron chi connectivity index (χ4n) is 1.94. The van der Waals surface area contributed by atoms with Gasteiger partial charge in [-0.3, -0.25) is 4.99 Å². The second kappa shape index (κ2) is 9.21. The molecule has 0 aliphatic rings. The van der Waals surface area contributed by atoms with Gasteiger partial charge in [0.25, 0.3) is 0 Å². The van der Waals surface area contributed by atoms with Crippen LogP contribution in [0.5, 0.6) is 0 Å². The number of rotatable bonds is 7. The van der Waals surface area contributed by atoms with E-state index in [1.54, 1.807) is 18.4 Å². The molecule has 0 unspecified atom stereocenters. The Hall–Kier alpha value is -2.36. The molecular formula is C15H19F3N6S. The van der Waals surface area contributed by atoms with E-state index in [4.69, 9.17) is 0 Å². The van der Waals surface area contributed by atoms with Crippen LogP contribution in [0, 0.1) is 0 Å². The average Bonchev–Trinajstić information content (AvgIpc) is 3.10. The van der Waals surface area contributed by atoms with Gasteiger partial charge in [0.15, 0.2) is 5.96 Å². The Morgan fingerprint density at radius 3 is 2.68 bits per heavy atom. The van der Waals surface area contributed by atoms with E-state index in [0.717, 1.165) is 25.2 Å². The van der Waals surface area contributed by atoms with Crippen LogP contribution in [-0.2, 0) is 12.6 Å². The van der Waals surface area contributed by atoms with E-state index in [1.165, 1.54) is 4.88 Å². The first-order valence-corrected chi connectivity index (χ1v) is 8.48. The Morgan fingerprint density at radius 1 is 1.20 bits per heavy atom. The fraction of sp³-hybridized carbons (Fsp3) is 0.400.